The van der Waals surface area contributed by atoms with E-state index in [4.69, 9.17) is 0 Å². The lowest BCUT2D eigenvalue weighted by atomic mass is 10.1. The highest BCUT2D eigenvalue weighted by Gasteiger charge is 2.40. The average molecular weight is 239 g/mol. The molecule has 1 unspecified atom stereocenters. The molecule has 17 heavy (non-hydrogen) atoms. The minimum Gasteiger partial charge on any atom is -0.301 e. The Hall–Kier alpha value is -1.43. The molecule has 0 aliphatic carbocycles. The predicted molar refractivity (Wildman–Crippen MR) is 60.1 cm³/mol. The summed E-state index contributed by atoms with van der Waals surface area (Å²) >= 11 is 0. The van der Waals surface area contributed by atoms with Gasteiger partial charge in [-0.05, 0) is 32.9 Å². The van der Waals surface area contributed by atoms with E-state index in [1.807, 2.05) is 5.32 Å². The second-order valence-corrected chi connectivity index (χ2v) is 4.64. The maximum Gasteiger partial charge on any atom is 0.331 e. The Morgan fingerprint density at radius 2 is 1.82 bits per heavy atom. The summed E-state index contributed by atoms with van der Waals surface area (Å²) in [5, 5.41) is 2.01. The topological polar surface area (TPSA) is 69.7 Å². The Bertz CT molecular complexity index is 350. The van der Waals surface area contributed by atoms with Crippen LogP contribution in [0.4, 0.5) is 4.79 Å². The van der Waals surface area contributed by atoms with Gasteiger partial charge < -0.3 is 4.90 Å². The van der Waals surface area contributed by atoms with Crippen molar-refractivity contribution in [2.75, 3.05) is 19.6 Å². The van der Waals surface area contributed by atoms with Gasteiger partial charge in [-0.3, -0.25) is 19.8 Å². The normalized spacial score (nSPS) is 24.1. The van der Waals surface area contributed by atoms with Crippen LogP contribution in [-0.4, -0.2) is 53.3 Å². The van der Waals surface area contributed by atoms with Crippen LogP contribution in [-0.2, 0) is 9.59 Å². The van der Waals surface area contributed by atoms with Crippen LogP contribution in [0.5, 0.6) is 0 Å². The Morgan fingerprint density at radius 3 is 2.35 bits per heavy atom. The Labute approximate surface area is 99.9 Å². The molecule has 6 heteroatoms. The molecular formula is C11H17N3O3. The summed E-state index contributed by atoms with van der Waals surface area (Å²) < 4.78 is 0. The van der Waals surface area contributed by atoms with Crippen LogP contribution in [0, 0.1) is 0 Å². The zero-order valence-electron chi connectivity index (χ0n) is 9.94. The van der Waals surface area contributed by atoms with Gasteiger partial charge >= 0.3 is 17.8 Å². The van der Waals surface area contributed by atoms with Crippen molar-refractivity contribution in [3.63, 3.8) is 0 Å². The van der Waals surface area contributed by atoms with Gasteiger partial charge in [0.2, 0.25) is 0 Å². The first kappa shape index (κ1) is 12.0. The molecule has 0 bridgehead atoms. The Balaban J connectivity index is 1.94. The minimum atomic E-state index is -0.819. The molecule has 2 aliphatic heterocycles. The first-order chi connectivity index (χ1) is 8.09. The minimum absolute atomic E-state index is 0.257. The predicted octanol–water partition coefficient (Wildman–Crippen LogP) is -0.0608. The van der Waals surface area contributed by atoms with Crippen molar-refractivity contribution < 1.29 is 14.4 Å². The summed E-state index contributed by atoms with van der Waals surface area (Å²) in [4.78, 5) is 37.2. The van der Waals surface area contributed by atoms with Crippen molar-refractivity contribution in [3.8, 4) is 0 Å². The smallest absolute Gasteiger partial charge is 0.301 e. The lowest BCUT2D eigenvalue weighted by molar-refractivity contribution is -0.141. The molecule has 2 aliphatic rings. The van der Waals surface area contributed by atoms with E-state index in [0.717, 1.165) is 30.8 Å². The number of amides is 4. The standard InChI is InChI=1S/C11H17N3O3/c1-8(7-13-5-3-2-4-6-13)14-10(16)9(15)12-11(14)17/h8H,2-7H2,1H3,(H,12,15,17). The highest BCUT2D eigenvalue weighted by molar-refractivity contribution is 6.44. The molecule has 6 nitrogen and oxygen atoms in total. The number of carbonyl (C=O) groups is 3. The number of nitrogens with zero attached hydrogens (tertiary/aromatic N) is 2. The second-order valence-electron chi connectivity index (χ2n) is 4.64. The highest BCUT2D eigenvalue weighted by Crippen LogP contribution is 2.13. The number of hydrogen-bond acceptors (Lipinski definition) is 4. The van der Waals surface area contributed by atoms with Gasteiger partial charge in [-0.1, -0.05) is 6.42 Å². The molecule has 2 saturated heterocycles. The number of rotatable bonds is 3. The molecular weight excluding hydrogens is 222 g/mol. The SMILES string of the molecule is CC(CN1CCCCC1)N1C(=O)NC(=O)C1=O. The maximum absolute atomic E-state index is 11.5. The number of imide groups is 2. The first-order valence-electron chi connectivity index (χ1n) is 6.00. The van der Waals surface area contributed by atoms with Crippen molar-refractivity contribution in [2.45, 2.75) is 32.2 Å². The number of carbonyl (C=O) groups excluding carboxylic acids is 3. The maximum atomic E-state index is 11.5. The van der Waals surface area contributed by atoms with E-state index < -0.39 is 17.8 Å². The van der Waals surface area contributed by atoms with Crippen LogP contribution in [0.25, 0.3) is 0 Å². The molecule has 2 heterocycles. The summed E-state index contributed by atoms with van der Waals surface area (Å²) in [5.74, 6) is -1.56. The van der Waals surface area contributed by atoms with Crippen molar-refractivity contribution in [3.05, 3.63) is 0 Å². The number of likely N-dealkylation sites (tertiary alicyclic amines) is 1. The molecule has 1 N–H and O–H groups in total. The summed E-state index contributed by atoms with van der Waals surface area (Å²) in [5.41, 5.74) is 0. The lowest BCUT2D eigenvalue weighted by Crippen LogP contribution is -2.46. The number of urea groups is 1. The molecule has 2 rings (SSSR count). The summed E-state index contributed by atoms with van der Waals surface area (Å²) in [6.45, 7) is 4.45. The summed E-state index contributed by atoms with van der Waals surface area (Å²) in [6.07, 6.45) is 3.56. The molecule has 0 spiro atoms. The van der Waals surface area contributed by atoms with Crippen molar-refractivity contribution >= 4 is 17.8 Å². The van der Waals surface area contributed by atoms with Gasteiger partial charge in [-0.2, -0.15) is 0 Å². The lowest BCUT2D eigenvalue weighted by Gasteiger charge is -2.31. The van der Waals surface area contributed by atoms with Crippen LogP contribution in [0.1, 0.15) is 26.2 Å². The fourth-order valence-corrected chi connectivity index (χ4v) is 2.41. The Morgan fingerprint density at radius 1 is 1.18 bits per heavy atom. The third kappa shape index (κ3) is 2.46. The monoisotopic (exact) mass is 239 g/mol. The Kier molecular flexibility index (Phi) is 3.42. The van der Waals surface area contributed by atoms with E-state index in [2.05, 4.69) is 4.90 Å². The van der Waals surface area contributed by atoms with E-state index in [0.29, 0.717) is 6.54 Å². The zero-order valence-corrected chi connectivity index (χ0v) is 9.94. The average Bonchev–Trinajstić information content (AvgIpc) is 2.54. The first-order valence-corrected chi connectivity index (χ1v) is 6.00. The number of hydrogen-bond donors (Lipinski definition) is 1. The van der Waals surface area contributed by atoms with Gasteiger partial charge in [0.15, 0.2) is 0 Å². The van der Waals surface area contributed by atoms with Crippen molar-refractivity contribution in [1.29, 1.82) is 0 Å². The second kappa shape index (κ2) is 4.83. The third-order valence-electron chi connectivity index (χ3n) is 3.26. The van der Waals surface area contributed by atoms with Crippen LogP contribution in [0.3, 0.4) is 0 Å². The van der Waals surface area contributed by atoms with Gasteiger partial charge in [0.1, 0.15) is 0 Å². The summed E-state index contributed by atoms with van der Waals surface area (Å²) in [7, 11) is 0. The van der Waals surface area contributed by atoms with Gasteiger partial charge in [0, 0.05) is 6.54 Å². The molecule has 2 fully saturated rings. The van der Waals surface area contributed by atoms with Gasteiger partial charge in [0.05, 0.1) is 6.04 Å². The number of piperidine rings is 1. The molecule has 4 amide bonds. The molecule has 0 aromatic heterocycles. The van der Waals surface area contributed by atoms with E-state index in [9.17, 15) is 14.4 Å². The molecule has 0 radical (unpaired) electrons. The molecule has 0 aromatic carbocycles. The fraction of sp³-hybridized carbons (Fsp3) is 0.727. The van der Waals surface area contributed by atoms with E-state index in [-0.39, 0.29) is 6.04 Å². The molecule has 1 atom stereocenters. The van der Waals surface area contributed by atoms with Crippen LogP contribution in [0.2, 0.25) is 0 Å². The van der Waals surface area contributed by atoms with Crippen molar-refractivity contribution in [2.24, 2.45) is 0 Å². The molecule has 0 aromatic rings. The van der Waals surface area contributed by atoms with Gasteiger partial charge in [-0.25, -0.2) is 4.79 Å². The molecule has 0 saturated carbocycles. The van der Waals surface area contributed by atoms with E-state index >= 15 is 0 Å². The van der Waals surface area contributed by atoms with Gasteiger partial charge in [-0.15, -0.1) is 0 Å². The zero-order chi connectivity index (χ0) is 12.4. The number of nitrogens with one attached hydrogen (secondary N) is 1. The van der Waals surface area contributed by atoms with Crippen LogP contribution in [0.15, 0.2) is 0 Å². The third-order valence-corrected chi connectivity index (χ3v) is 3.26. The fourth-order valence-electron chi connectivity index (χ4n) is 2.41. The highest BCUT2D eigenvalue weighted by atomic mass is 16.2. The quantitative estimate of drug-likeness (QED) is 0.553. The van der Waals surface area contributed by atoms with E-state index in [1.54, 1.807) is 6.92 Å². The van der Waals surface area contributed by atoms with Crippen LogP contribution < -0.4 is 5.32 Å². The van der Waals surface area contributed by atoms with E-state index in [1.165, 1.54) is 6.42 Å². The van der Waals surface area contributed by atoms with Gasteiger partial charge in [0.25, 0.3) is 0 Å². The largest absolute Gasteiger partial charge is 0.331 e. The summed E-state index contributed by atoms with van der Waals surface area (Å²) in [6, 6.07) is -0.850. The van der Waals surface area contributed by atoms with Crippen LogP contribution >= 0.6 is 0 Å². The van der Waals surface area contributed by atoms with Crippen molar-refractivity contribution in [1.82, 2.24) is 15.1 Å². The molecule has 94 valence electrons.